The van der Waals surface area contributed by atoms with E-state index in [0.717, 1.165) is 11.4 Å². The largest absolute Gasteiger partial charge is 0.497 e. The number of rotatable bonds is 4. The summed E-state index contributed by atoms with van der Waals surface area (Å²) in [6, 6.07) is 10.9. The second kappa shape index (κ2) is 6.09. The highest BCUT2D eigenvalue weighted by Gasteiger charge is 1.98. The summed E-state index contributed by atoms with van der Waals surface area (Å²) in [5.74, 6) is 1.40. The maximum Gasteiger partial charge on any atom is 0.271 e. The minimum Gasteiger partial charge on any atom is -0.497 e. The average Bonchev–Trinajstić information content (AvgIpc) is 3.18. The summed E-state index contributed by atoms with van der Waals surface area (Å²) in [6.07, 6.45) is 5.04. The van der Waals surface area contributed by atoms with Gasteiger partial charge in [0, 0.05) is 11.9 Å². The summed E-state index contributed by atoms with van der Waals surface area (Å²) in [5.41, 5.74) is 0.628. The van der Waals surface area contributed by atoms with Crippen LogP contribution in [0.25, 0.3) is 12.3 Å². The van der Waals surface area contributed by atoms with E-state index in [2.05, 4.69) is 15.2 Å². The molecule has 0 amide bonds. The van der Waals surface area contributed by atoms with E-state index in [9.17, 15) is 4.79 Å². The van der Waals surface area contributed by atoms with E-state index in [1.54, 1.807) is 43.6 Å². The van der Waals surface area contributed by atoms with E-state index in [1.807, 2.05) is 12.1 Å². The monoisotopic (exact) mass is 297 g/mol. The summed E-state index contributed by atoms with van der Waals surface area (Å²) >= 11 is 0. The number of aromatic nitrogens is 3. The van der Waals surface area contributed by atoms with Crippen LogP contribution in [0.2, 0.25) is 0 Å². The molecule has 0 saturated heterocycles. The van der Waals surface area contributed by atoms with Crippen LogP contribution in [-0.2, 0) is 0 Å². The Morgan fingerprint density at radius 2 is 1.82 bits per heavy atom. The van der Waals surface area contributed by atoms with Gasteiger partial charge >= 0.3 is 0 Å². The molecule has 0 saturated carbocycles. The molecule has 0 aliphatic rings. The molecule has 2 heterocycles. The number of H-pyrrole nitrogens is 3. The molecule has 0 radical (unpaired) electrons. The van der Waals surface area contributed by atoms with Gasteiger partial charge in [-0.3, -0.25) is 15.0 Å². The molecule has 0 unspecified atom stereocenters. The highest BCUT2D eigenvalue weighted by Crippen LogP contribution is 2.16. The molecule has 6 heteroatoms. The summed E-state index contributed by atoms with van der Waals surface area (Å²) in [7, 11) is 1.61. The molecule has 3 N–H and O–H groups in total. The molecule has 112 valence electrons. The van der Waals surface area contributed by atoms with Gasteiger partial charge in [0.05, 0.1) is 12.3 Å². The summed E-state index contributed by atoms with van der Waals surface area (Å²) < 4.78 is 10.7. The Morgan fingerprint density at radius 1 is 1.05 bits per heavy atom. The molecule has 0 aliphatic heterocycles. The van der Waals surface area contributed by atoms with Crippen molar-refractivity contribution in [3.05, 3.63) is 69.2 Å². The van der Waals surface area contributed by atoms with E-state index in [1.165, 1.54) is 6.26 Å². The first-order valence-corrected chi connectivity index (χ1v) is 6.69. The lowest BCUT2D eigenvalue weighted by molar-refractivity contribution is 0.413. The van der Waals surface area contributed by atoms with Crippen LogP contribution in [0.3, 0.4) is 0 Å². The minimum atomic E-state index is -0.209. The number of hydrogen-bond donors (Lipinski definition) is 3. The zero-order chi connectivity index (χ0) is 15.4. The second-order valence-electron chi connectivity index (χ2n) is 4.59. The third-order valence-corrected chi connectivity index (χ3v) is 3.14. The molecule has 0 spiro atoms. The van der Waals surface area contributed by atoms with Crippen LogP contribution in [0, 0.1) is 0 Å². The van der Waals surface area contributed by atoms with E-state index in [0.29, 0.717) is 16.3 Å². The standard InChI is InChI=1S/C16H15N3O3/c1-21-12-4-6-13(7-5-12)22-10-15-14(16(20)19-18-15)9-11-3-2-8-17-11/h2-10,17-18H,1H3,(H,19,20). The predicted octanol–water partition coefficient (Wildman–Crippen LogP) is 0.685. The van der Waals surface area contributed by atoms with Crippen LogP contribution in [0.1, 0.15) is 5.69 Å². The molecule has 2 aromatic heterocycles. The van der Waals surface area contributed by atoms with Crippen LogP contribution in [-0.4, -0.2) is 22.3 Å². The van der Waals surface area contributed by atoms with Crippen LogP contribution in [0.15, 0.2) is 47.4 Å². The Balaban J connectivity index is 1.93. The fourth-order valence-electron chi connectivity index (χ4n) is 1.99. The van der Waals surface area contributed by atoms with Gasteiger partial charge in [-0.2, -0.15) is 0 Å². The molecular weight excluding hydrogens is 282 g/mol. The maximum atomic E-state index is 11.8. The van der Waals surface area contributed by atoms with E-state index < -0.39 is 0 Å². The molecule has 1 aromatic carbocycles. The van der Waals surface area contributed by atoms with Gasteiger partial charge in [-0.05, 0) is 42.5 Å². The van der Waals surface area contributed by atoms with Gasteiger partial charge in [0.2, 0.25) is 0 Å². The van der Waals surface area contributed by atoms with Crippen molar-refractivity contribution in [2.24, 2.45) is 0 Å². The zero-order valence-corrected chi connectivity index (χ0v) is 11.9. The van der Waals surface area contributed by atoms with Gasteiger partial charge in [0.15, 0.2) is 0 Å². The summed E-state index contributed by atoms with van der Waals surface area (Å²) in [5, 5.41) is 6.40. The highest BCUT2D eigenvalue weighted by molar-refractivity contribution is 5.45. The van der Waals surface area contributed by atoms with Gasteiger partial charge in [0.25, 0.3) is 5.56 Å². The molecule has 6 nitrogen and oxygen atoms in total. The Bertz CT molecular complexity index is 903. The molecule has 3 aromatic rings. The summed E-state index contributed by atoms with van der Waals surface area (Å²) in [6.45, 7) is 0. The van der Waals surface area contributed by atoms with E-state index in [4.69, 9.17) is 9.47 Å². The van der Waals surface area contributed by atoms with Gasteiger partial charge in [0.1, 0.15) is 23.1 Å². The third-order valence-electron chi connectivity index (χ3n) is 3.14. The Labute approximate surface area is 125 Å². The SMILES string of the molecule is COc1ccc(OC=c2[nH][nH]c(=O)c2=Cc2ccc[nH]2)cc1. The van der Waals surface area contributed by atoms with Crippen molar-refractivity contribution in [3.63, 3.8) is 0 Å². The number of hydrogen-bond acceptors (Lipinski definition) is 3. The van der Waals surface area contributed by atoms with Gasteiger partial charge in [-0.1, -0.05) is 0 Å². The predicted molar refractivity (Wildman–Crippen MR) is 83.1 cm³/mol. The lowest BCUT2D eigenvalue weighted by Gasteiger charge is -2.01. The number of benzene rings is 1. The van der Waals surface area contributed by atoms with E-state index in [-0.39, 0.29) is 5.56 Å². The average molecular weight is 297 g/mol. The van der Waals surface area contributed by atoms with Gasteiger partial charge in [-0.25, -0.2) is 0 Å². The Kier molecular flexibility index (Phi) is 3.82. The fourth-order valence-corrected chi connectivity index (χ4v) is 1.99. The van der Waals surface area contributed by atoms with Gasteiger partial charge in [-0.15, -0.1) is 0 Å². The highest BCUT2D eigenvalue weighted by atomic mass is 16.5. The third kappa shape index (κ3) is 2.95. The van der Waals surface area contributed by atoms with Crippen molar-refractivity contribution in [1.82, 2.24) is 15.2 Å². The lowest BCUT2D eigenvalue weighted by Crippen LogP contribution is -2.33. The van der Waals surface area contributed by atoms with Crippen molar-refractivity contribution >= 4 is 12.3 Å². The second-order valence-corrected chi connectivity index (χ2v) is 4.59. The number of ether oxygens (including phenoxy) is 2. The number of aromatic amines is 3. The first-order valence-electron chi connectivity index (χ1n) is 6.69. The molecular formula is C16H15N3O3. The van der Waals surface area contributed by atoms with Crippen molar-refractivity contribution < 1.29 is 9.47 Å². The quantitative estimate of drug-likeness (QED) is 0.662. The zero-order valence-electron chi connectivity index (χ0n) is 11.9. The Morgan fingerprint density at radius 3 is 2.50 bits per heavy atom. The normalized spacial score (nSPS) is 12.6. The van der Waals surface area contributed by atoms with Crippen molar-refractivity contribution in [2.45, 2.75) is 0 Å². The van der Waals surface area contributed by atoms with Crippen LogP contribution < -0.4 is 25.6 Å². The van der Waals surface area contributed by atoms with Crippen molar-refractivity contribution in [1.29, 1.82) is 0 Å². The first kappa shape index (κ1) is 13.8. The number of nitrogens with one attached hydrogen (secondary N) is 3. The Hall–Kier alpha value is -3.15. The lowest BCUT2D eigenvalue weighted by atomic mass is 10.3. The van der Waals surface area contributed by atoms with Crippen molar-refractivity contribution in [2.75, 3.05) is 7.11 Å². The maximum absolute atomic E-state index is 11.8. The molecule has 0 bridgehead atoms. The molecule has 0 atom stereocenters. The fraction of sp³-hybridized carbons (Fsp3) is 0.0625. The van der Waals surface area contributed by atoms with Crippen LogP contribution >= 0.6 is 0 Å². The topological polar surface area (TPSA) is 82.9 Å². The van der Waals surface area contributed by atoms with Crippen LogP contribution in [0.4, 0.5) is 0 Å². The first-order chi connectivity index (χ1) is 10.8. The van der Waals surface area contributed by atoms with Crippen molar-refractivity contribution in [3.8, 4) is 11.5 Å². The summed E-state index contributed by atoms with van der Waals surface area (Å²) in [4.78, 5) is 14.9. The van der Waals surface area contributed by atoms with Gasteiger partial charge < -0.3 is 14.5 Å². The number of methoxy groups -OCH3 is 1. The molecule has 0 fully saturated rings. The molecule has 22 heavy (non-hydrogen) atoms. The smallest absolute Gasteiger partial charge is 0.271 e. The molecule has 0 aliphatic carbocycles. The van der Waals surface area contributed by atoms with E-state index >= 15 is 0 Å². The molecule has 3 rings (SSSR count). The minimum absolute atomic E-state index is 0.209. The van der Waals surface area contributed by atoms with Crippen LogP contribution in [0.5, 0.6) is 11.5 Å².